The molecule has 0 N–H and O–H groups in total. The van der Waals surface area contributed by atoms with Gasteiger partial charge in [0.25, 0.3) is 5.91 Å². The molecule has 0 bridgehead atoms. The summed E-state index contributed by atoms with van der Waals surface area (Å²) in [6.07, 6.45) is -0.101. The number of fused-ring (bicyclic) bond motifs is 1. The largest absolute Gasteiger partial charge is 0.370 e. The Morgan fingerprint density at radius 1 is 1.25 bits per heavy atom. The fourth-order valence-electron chi connectivity index (χ4n) is 3.80. The van der Waals surface area contributed by atoms with Crippen molar-refractivity contribution in [1.29, 1.82) is 0 Å². The topological polar surface area (TPSA) is 60.2 Å². The minimum Gasteiger partial charge on any atom is -0.370 e. The molecular weight excluding hydrogens is 352 g/mol. The van der Waals surface area contributed by atoms with Gasteiger partial charge in [-0.25, -0.2) is 4.98 Å². The van der Waals surface area contributed by atoms with Crippen LogP contribution in [0.4, 0.5) is 0 Å². The van der Waals surface area contributed by atoms with E-state index in [1.807, 2.05) is 55.3 Å². The highest BCUT2D eigenvalue weighted by atomic mass is 16.5. The first-order valence-electron chi connectivity index (χ1n) is 9.75. The molecule has 4 rings (SSSR count). The van der Waals surface area contributed by atoms with Gasteiger partial charge in [0, 0.05) is 19.3 Å². The Hall–Kier alpha value is -2.73. The molecule has 0 spiro atoms. The Bertz CT molecular complexity index is 1010. The van der Waals surface area contributed by atoms with Crippen molar-refractivity contribution in [3.05, 3.63) is 58.9 Å². The third-order valence-electron chi connectivity index (χ3n) is 5.34. The molecular formula is C22H26N4O2. The van der Waals surface area contributed by atoms with Gasteiger partial charge in [0.05, 0.1) is 29.8 Å². The molecule has 1 aromatic carbocycles. The summed E-state index contributed by atoms with van der Waals surface area (Å²) in [6, 6.07) is 12.0. The fraction of sp³-hybridized carbons (Fsp3) is 0.409. The maximum Gasteiger partial charge on any atom is 0.254 e. The van der Waals surface area contributed by atoms with E-state index in [0.29, 0.717) is 25.3 Å². The number of nitrogens with zero attached hydrogens (tertiary/aromatic N) is 4. The molecule has 0 saturated carbocycles. The van der Waals surface area contributed by atoms with Crippen LogP contribution in [0.5, 0.6) is 0 Å². The van der Waals surface area contributed by atoms with Crippen LogP contribution < -0.4 is 0 Å². The first kappa shape index (κ1) is 18.6. The summed E-state index contributed by atoms with van der Waals surface area (Å²) in [6.45, 7) is 7.77. The molecule has 1 saturated heterocycles. The third-order valence-corrected chi connectivity index (χ3v) is 5.34. The summed E-state index contributed by atoms with van der Waals surface area (Å²) < 4.78 is 7.70. The number of pyridine rings is 1. The van der Waals surface area contributed by atoms with E-state index in [1.165, 1.54) is 0 Å². The number of amides is 1. The second-order valence-corrected chi connectivity index (χ2v) is 7.68. The quantitative estimate of drug-likeness (QED) is 0.698. The lowest BCUT2D eigenvalue weighted by Crippen LogP contribution is -2.42. The number of benzene rings is 1. The van der Waals surface area contributed by atoms with E-state index < -0.39 is 0 Å². The van der Waals surface area contributed by atoms with Crippen LogP contribution in [-0.2, 0) is 11.8 Å². The van der Waals surface area contributed by atoms with Crippen LogP contribution in [0, 0.1) is 6.92 Å². The van der Waals surface area contributed by atoms with Gasteiger partial charge in [0.15, 0.2) is 5.65 Å². The highest BCUT2D eigenvalue weighted by Crippen LogP contribution is 2.28. The van der Waals surface area contributed by atoms with Crippen LogP contribution in [0.3, 0.4) is 0 Å². The lowest BCUT2D eigenvalue weighted by molar-refractivity contribution is -0.0227. The molecule has 1 atom stereocenters. The Morgan fingerprint density at radius 3 is 2.71 bits per heavy atom. The zero-order chi connectivity index (χ0) is 19.8. The molecule has 3 aromatic rings. The summed E-state index contributed by atoms with van der Waals surface area (Å²) in [4.78, 5) is 20.2. The summed E-state index contributed by atoms with van der Waals surface area (Å²) >= 11 is 0. The minimum absolute atomic E-state index is 0.0228. The number of aromatic nitrogens is 3. The molecule has 2 aromatic heterocycles. The second-order valence-electron chi connectivity index (χ2n) is 7.68. The Balaban J connectivity index is 1.72. The maximum absolute atomic E-state index is 13.5. The van der Waals surface area contributed by atoms with Gasteiger partial charge < -0.3 is 9.64 Å². The molecule has 3 heterocycles. The zero-order valence-corrected chi connectivity index (χ0v) is 16.8. The summed E-state index contributed by atoms with van der Waals surface area (Å²) in [7, 11) is 1.88. The first-order chi connectivity index (χ1) is 13.5. The molecule has 1 aliphatic heterocycles. The smallest absolute Gasteiger partial charge is 0.254 e. The lowest BCUT2D eigenvalue weighted by Gasteiger charge is -2.33. The van der Waals surface area contributed by atoms with Crippen molar-refractivity contribution in [1.82, 2.24) is 19.7 Å². The molecule has 6 nitrogen and oxygen atoms in total. The van der Waals surface area contributed by atoms with Crippen LogP contribution >= 0.6 is 0 Å². The van der Waals surface area contributed by atoms with E-state index in [4.69, 9.17) is 9.72 Å². The van der Waals surface area contributed by atoms with Gasteiger partial charge in [-0.2, -0.15) is 5.10 Å². The van der Waals surface area contributed by atoms with Crippen molar-refractivity contribution in [2.45, 2.75) is 32.8 Å². The van der Waals surface area contributed by atoms with E-state index in [9.17, 15) is 4.79 Å². The van der Waals surface area contributed by atoms with E-state index in [0.717, 1.165) is 28.0 Å². The average molecular weight is 378 g/mol. The van der Waals surface area contributed by atoms with Crippen molar-refractivity contribution in [2.24, 2.45) is 7.05 Å². The summed E-state index contributed by atoms with van der Waals surface area (Å²) in [5, 5.41) is 5.35. The van der Waals surface area contributed by atoms with Crippen molar-refractivity contribution in [3.63, 3.8) is 0 Å². The highest BCUT2D eigenvalue weighted by molar-refractivity contribution is 6.06. The number of aryl methyl sites for hydroxylation is 2. The molecule has 0 aliphatic carbocycles. The van der Waals surface area contributed by atoms with Crippen molar-refractivity contribution >= 4 is 16.9 Å². The Labute approximate surface area is 165 Å². The predicted octanol–water partition coefficient (Wildman–Crippen LogP) is 3.61. The van der Waals surface area contributed by atoms with Gasteiger partial charge in [-0.3, -0.25) is 9.48 Å². The third kappa shape index (κ3) is 3.29. The maximum atomic E-state index is 13.5. The van der Waals surface area contributed by atoms with Gasteiger partial charge >= 0.3 is 0 Å². The monoisotopic (exact) mass is 378 g/mol. The van der Waals surface area contributed by atoms with Gasteiger partial charge in [-0.15, -0.1) is 0 Å². The SMILES string of the molecule is Cc1nn(C)c2nc(C(C)C)cc(C(=O)N3CCO[C@H](c4ccccc4)C3)c12. The normalized spacial score (nSPS) is 17.5. The van der Waals surface area contributed by atoms with Crippen molar-refractivity contribution in [2.75, 3.05) is 19.7 Å². The standard InChI is InChI=1S/C22H26N4O2/c1-14(2)18-12-17(20-15(3)24-25(4)21(20)23-18)22(27)26-10-11-28-19(13-26)16-8-6-5-7-9-16/h5-9,12,14,19H,10-11,13H2,1-4H3/t19-/m0/s1. The summed E-state index contributed by atoms with van der Waals surface area (Å²) in [5.41, 5.74) is 4.29. The number of carbonyl (C=O) groups is 1. The minimum atomic E-state index is -0.101. The summed E-state index contributed by atoms with van der Waals surface area (Å²) in [5.74, 6) is 0.252. The second kappa shape index (κ2) is 7.36. The van der Waals surface area contributed by atoms with Crippen molar-refractivity contribution < 1.29 is 9.53 Å². The lowest BCUT2D eigenvalue weighted by atomic mass is 10.0. The van der Waals surface area contributed by atoms with Crippen LogP contribution in [-0.4, -0.2) is 45.3 Å². The fourth-order valence-corrected chi connectivity index (χ4v) is 3.80. The Kier molecular flexibility index (Phi) is 4.89. The number of hydrogen-bond acceptors (Lipinski definition) is 4. The zero-order valence-electron chi connectivity index (χ0n) is 16.8. The molecule has 0 unspecified atom stereocenters. The number of hydrogen-bond donors (Lipinski definition) is 0. The molecule has 1 aliphatic rings. The van der Waals surface area contributed by atoms with Crippen LogP contribution in [0.15, 0.2) is 36.4 Å². The van der Waals surface area contributed by atoms with E-state index in [1.54, 1.807) is 4.68 Å². The molecule has 1 amide bonds. The van der Waals surface area contributed by atoms with Crippen LogP contribution in [0.2, 0.25) is 0 Å². The Morgan fingerprint density at radius 2 is 2.00 bits per heavy atom. The van der Waals surface area contributed by atoms with Crippen molar-refractivity contribution in [3.8, 4) is 0 Å². The molecule has 1 fully saturated rings. The van der Waals surface area contributed by atoms with Gasteiger partial charge in [0.1, 0.15) is 6.10 Å². The highest BCUT2D eigenvalue weighted by Gasteiger charge is 2.29. The molecule has 146 valence electrons. The van der Waals surface area contributed by atoms with E-state index in [-0.39, 0.29) is 17.9 Å². The van der Waals surface area contributed by atoms with E-state index >= 15 is 0 Å². The number of morpholine rings is 1. The van der Waals surface area contributed by atoms with Gasteiger partial charge in [-0.05, 0) is 24.5 Å². The predicted molar refractivity (Wildman–Crippen MR) is 108 cm³/mol. The molecule has 0 radical (unpaired) electrons. The number of ether oxygens (including phenoxy) is 1. The molecule has 28 heavy (non-hydrogen) atoms. The van der Waals surface area contributed by atoms with Gasteiger partial charge in [0.2, 0.25) is 0 Å². The first-order valence-corrected chi connectivity index (χ1v) is 9.75. The number of rotatable bonds is 3. The number of carbonyl (C=O) groups excluding carboxylic acids is 1. The van der Waals surface area contributed by atoms with Gasteiger partial charge in [-0.1, -0.05) is 44.2 Å². The molecule has 6 heteroatoms. The van der Waals surface area contributed by atoms with Crippen LogP contribution in [0.25, 0.3) is 11.0 Å². The average Bonchev–Trinajstić information content (AvgIpc) is 3.01. The van der Waals surface area contributed by atoms with Crippen LogP contribution in [0.1, 0.15) is 53.2 Å². The van der Waals surface area contributed by atoms with E-state index in [2.05, 4.69) is 18.9 Å².